The molecule has 7 nitrogen and oxygen atoms in total. The summed E-state index contributed by atoms with van der Waals surface area (Å²) in [6, 6.07) is 14.2. The summed E-state index contributed by atoms with van der Waals surface area (Å²) < 4.78 is 30.3. The molecule has 2 rings (SSSR count). The summed E-state index contributed by atoms with van der Waals surface area (Å²) in [5, 5.41) is 2.77. The molecule has 1 amide bonds. The highest BCUT2D eigenvalue weighted by Crippen LogP contribution is 2.19. The Bertz CT molecular complexity index is 911. The van der Waals surface area contributed by atoms with Crippen LogP contribution in [-0.2, 0) is 19.6 Å². The molecule has 1 N–H and O–H groups in total. The molecule has 0 fully saturated rings. The van der Waals surface area contributed by atoms with Gasteiger partial charge in [-0.1, -0.05) is 36.4 Å². The van der Waals surface area contributed by atoms with E-state index in [1.165, 1.54) is 45.5 Å². The number of hydrogen-bond donors (Lipinski definition) is 1. The van der Waals surface area contributed by atoms with Gasteiger partial charge in [-0.05, 0) is 23.8 Å². The minimum atomic E-state index is -3.66. The number of nitrogens with zero attached hydrogens (tertiary/aromatic N) is 1. The molecule has 8 heteroatoms. The number of methoxy groups -OCH3 is 1. The predicted octanol–water partition coefficient (Wildman–Crippen LogP) is 1.97. The van der Waals surface area contributed by atoms with Crippen LogP contribution in [0.4, 0.5) is 0 Å². The van der Waals surface area contributed by atoms with Crippen LogP contribution in [0, 0.1) is 0 Å². The molecular formula is C19H22N2O5S. The van der Waals surface area contributed by atoms with Crippen molar-refractivity contribution in [2.75, 3.05) is 21.2 Å². The van der Waals surface area contributed by atoms with Crippen molar-refractivity contribution >= 4 is 21.9 Å². The molecule has 0 aliphatic heterocycles. The average molecular weight is 390 g/mol. The molecule has 1 unspecified atom stereocenters. The van der Waals surface area contributed by atoms with Gasteiger partial charge >= 0.3 is 5.97 Å². The van der Waals surface area contributed by atoms with Crippen molar-refractivity contribution in [1.82, 2.24) is 9.62 Å². The van der Waals surface area contributed by atoms with E-state index in [0.717, 1.165) is 9.87 Å². The van der Waals surface area contributed by atoms with Gasteiger partial charge in [-0.15, -0.1) is 0 Å². The number of rotatable bonds is 7. The van der Waals surface area contributed by atoms with E-state index in [9.17, 15) is 18.0 Å². The van der Waals surface area contributed by atoms with Gasteiger partial charge in [0, 0.05) is 19.7 Å². The fraction of sp³-hybridized carbons (Fsp3) is 0.263. The maximum Gasteiger partial charge on any atom is 0.307 e. The van der Waals surface area contributed by atoms with E-state index in [4.69, 9.17) is 4.74 Å². The molecule has 0 radical (unpaired) electrons. The lowest BCUT2D eigenvalue weighted by molar-refractivity contribution is -0.141. The van der Waals surface area contributed by atoms with E-state index in [1.807, 2.05) is 6.07 Å². The number of amides is 1. The molecule has 0 bridgehead atoms. The van der Waals surface area contributed by atoms with Gasteiger partial charge in [-0.3, -0.25) is 9.59 Å². The highest BCUT2D eigenvalue weighted by molar-refractivity contribution is 7.89. The quantitative estimate of drug-likeness (QED) is 0.730. The first-order valence-electron chi connectivity index (χ1n) is 8.21. The van der Waals surface area contributed by atoms with Gasteiger partial charge in [-0.2, -0.15) is 0 Å². The second-order valence-corrected chi connectivity index (χ2v) is 8.18. The Balaban J connectivity index is 2.29. The smallest absolute Gasteiger partial charge is 0.307 e. The van der Waals surface area contributed by atoms with E-state index in [1.54, 1.807) is 24.3 Å². The zero-order valence-corrected chi connectivity index (χ0v) is 16.2. The Morgan fingerprint density at radius 2 is 1.74 bits per heavy atom. The average Bonchev–Trinajstić information content (AvgIpc) is 2.67. The summed E-state index contributed by atoms with van der Waals surface area (Å²) >= 11 is 0. The van der Waals surface area contributed by atoms with Gasteiger partial charge in [0.25, 0.3) is 5.91 Å². The summed E-state index contributed by atoms with van der Waals surface area (Å²) in [5.74, 6) is -0.948. The number of benzene rings is 2. The van der Waals surface area contributed by atoms with E-state index in [0.29, 0.717) is 0 Å². The second-order valence-electron chi connectivity index (χ2n) is 6.03. The number of hydrogen-bond acceptors (Lipinski definition) is 5. The van der Waals surface area contributed by atoms with E-state index in [-0.39, 0.29) is 16.9 Å². The number of nitrogens with one attached hydrogen (secondary N) is 1. The molecule has 0 aromatic heterocycles. The predicted molar refractivity (Wildman–Crippen MR) is 101 cm³/mol. The first kappa shape index (κ1) is 20.6. The lowest BCUT2D eigenvalue weighted by Gasteiger charge is -2.19. The van der Waals surface area contributed by atoms with Gasteiger partial charge in [0.05, 0.1) is 24.5 Å². The van der Waals surface area contributed by atoms with E-state index in [2.05, 4.69) is 5.32 Å². The normalized spacial score (nSPS) is 12.4. The van der Waals surface area contributed by atoms with Crippen molar-refractivity contribution < 1.29 is 22.7 Å². The van der Waals surface area contributed by atoms with Crippen molar-refractivity contribution in [2.24, 2.45) is 0 Å². The SMILES string of the molecule is COC(=O)CC(NC(=O)c1cccc(S(=O)(=O)N(C)C)c1)c1ccccc1. The van der Waals surface area contributed by atoms with E-state index < -0.39 is 27.9 Å². The van der Waals surface area contributed by atoms with Crippen molar-refractivity contribution in [2.45, 2.75) is 17.4 Å². The highest BCUT2D eigenvalue weighted by atomic mass is 32.2. The summed E-state index contributed by atoms with van der Waals surface area (Å²) in [4.78, 5) is 24.4. The van der Waals surface area contributed by atoms with Gasteiger partial charge < -0.3 is 10.1 Å². The maximum atomic E-state index is 12.7. The zero-order chi connectivity index (χ0) is 20.0. The molecular weight excluding hydrogens is 368 g/mol. The molecule has 0 saturated carbocycles. The van der Waals surface area contributed by atoms with Crippen LogP contribution >= 0.6 is 0 Å². The third-order valence-electron chi connectivity index (χ3n) is 3.98. The first-order valence-corrected chi connectivity index (χ1v) is 9.65. The standard InChI is InChI=1S/C19H22N2O5S/c1-21(2)27(24,25)16-11-7-10-15(12-16)19(23)20-17(13-18(22)26-3)14-8-5-4-6-9-14/h4-12,17H,13H2,1-3H3,(H,20,23). The van der Waals surface area contributed by atoms with Crippen LogP contribution in [-0.4, -0.2) is 45.8 Å². The topological polar surface area (TPSA) is 92.8 Å². The van der Waals surface area contributed by atoms with Crippen LogP contribution < -0.4 is 5.32 Å². The van der Waals surface area contributed by atoms with Crippen LogP contribution in [0.2, 0.25) is 0 Å². The van der Waals surface area contributed by atoms with Crippen LogP contribution in [0.15, 0.2) is 59.5 Å². The highest BCUT2D eigenvalue weighted by Gasteiger charge is 2.22. The molecule has 0 spiro atoms. The van der Waals surface area contributed by atoms with E-state index >= 15 is 0 Å². The zero-order valence-electron chi connectivity index (χ0n) is 15.4. The van der Waals surface area contributed by atoms with Crippen molar-refractivity contribution in [3.8, 4) is 0 Å². The van der Waals surface area contributed by atoms with Crippen LogP contribution in [0.3, 0.4) is 0 Å². The molecule has 0 aliphatic carbocycles. The summed E-state index contributed by atoms with van der Waals surface area (Å²) in [6.45, 7) is 0. The second kappa shape index (κ2) is 8.79. The molecule has 0 heterocycles. The van der Waals surface area contributed by atoms with Gasteiger partial charge in [0.15, 0.2) is 0 Å². The number of ether oxygens (including phenoxy) is 1. The Hall–Kier alpha value is -2.71. The van der Waals surface area contributed by atoms with Crippen LogP contribution in [0.5, 0.6) is 0 Å². The Morgan fingerprint density at radius 3 is 2.33 bits per heavy atom. The van der Waals surface area contributed by atoms with Gasteiger partial charge in [0.2, 0.25) is 10.0 Å². The fourth-order valence-electron chi connectivity index (χ4n) is 2.44. The largest absolute Gasteiger partial charge is 0.469 e. The molecule has 0 aliphatic rings. The molecule has 2 aromatic rings. The first-order chi connectivity index (χ1) is 12.8. The maximum absolute atomic E-state index is 12.7. The number of sulfonamides is 1. The minimum absolute atomic E-state index is 0.0179. The minimum Gasteiger partial charge on any atom is -0.469 e. The van der Waals surface area contributed by atoms with Crippen molar-refractivity contribution in [3.05, 3.63) is 65.7 Å². The third-order valence-corrected chi connectivity index (χ3v) is 5.79. The summed E-state index contributed by atoms with van der Waals surface area (Å²) in [5.41, 5.74) is 0.928. The molecule has 27 heavy (non-hydrogen) atoms. The number of esters is 1. The summed E-state index contributed by atoms with van der Waals surface area (Å²) in [6.07, 6.45) is -0.0397. The Morgan fingerprint density at radius 1 is 1.07 bits per heavy atom. The van der Waals surface area contributed by atoms with Crippen LogP contribution in [0.25, 0.3) is 0 Å². The molecule has 2 aromatic carbocycles. The van der Waals surface area contributed by atoms with Gasteiger partial charge in [-0.25, -0.2) is 12.7 Å². The Kier molecular flexibility index (Phi) is 6.70. The van der Waals surface area contributed by atoms with Crippen molar-refractivity contribution in [1.29, 1.82) is 0 Å². The third kappa shape index (κ3) is 5.15. The fourth-order valence-corrected chi connectivity index (χ4v) is 3.39. The lowest BCUT2D eigenvalue weighted by atomic mass is 10.0. The number of carbonyl (C=O) groups is 2. The van der Waals surface area contributed by atoms with Crippen LogP contribution in [0.1, 0.15) is 28.4 Å². The lowest BCUT2D eigenvalue weighted by Crippen LogP contribution is -2.30. The summed E-state index contributed by atoms with van der Waals surface area (Å²) in [7, 11) is 0.463. The Labute approximate surface area is 159 Å². The molecule has 0 saturated heterocycles. The van der Waals surface area contributed by atoms with Crippen molar-refractivity contribution in [3.63, 3.8) is 0 Å². The van der Waals surface area contributed by atoms with Gasteiger partial charge in [0.1, 0.15) is 0 Å². The molecule has 1 atom stereocenters. The number of carbonyl (C=O) groups excluding carboxylic acids is 2. The monoisotopic (exact) mass is 390 g/mol. The molecule has 144 valence electrons.